The maximum atomic E-state index is 12.3. The predicted octanol–water partition coefficient (Wildman–Crippen LogP) is 3.30. The lowest BCUT2D eigenvalue weighted by molar-refractivity contribution is 0.0993. The van der Waals surface area contributed by atoms with Crippen molar-refractivity contribution in [3.05, 3.63) is 65.9 Å². The Morgan fingerprint density at radius 1 is 1.05 bits per heavy atom. The lowest BCUT2D eigenvalue weighted by Crippen LogP contribution is -2.02. The van der Waals surface area contributed by atoms with Gasteiger partial charge in [0.1, 0.15) is 5.75 Å². The van der Waals surface area contributed by atoms with Crippen molar-refractivity contribution in [3.63, 3.8) is 0 Å². The number of Topliss-reactive ketones (excluding diaryl/α,β-unsaturated/α-hetero) is 1. The number of ketones is 1. The molecule has 0 spiro atoms. The van der Waals surface area contributed by atoms with Gasteiger partial charge in [-0.15, -0.1) is 0 Å². The lowest BCUT2D eigenvalue weighted by atomic mass is 10.0. The highest BCUT2D eigenvalue weighted by Crippen LogP contribution is 2.22. The van der Waals surface area contributed by atoms with Crippen LogP contribution in [0.4, 0.5) is 0 Å². The van der Waals surface area contributed by atoms with E-state index in [9.17, 15) is 9.90 Å². The summed E-state index contributed by atoms with van der Waals surface area (Å²) in [5, 5.41) is 10.6. The molecule has 0 aliphatic rings. The second-order valence-electron chi connectivity index (χ2n) is 4.48. The molecule has 0 saturated carbocycles. The minimum Gasteiger partial charge on any atom is -0.508 e. The first-order chi connectivity index (χ1) is 9.25. The molecule has 0 saturated heterocycles. The number of para-hydroxylation sites is 2. The molecule has 3 heteroatoms. The van der Waals surface area contributed by atoms with Crippen molar-refractivity contribution in [2.24, 2.45) is 0 Å². The number of H-pyrrole nitrogens is 1. The molecule has 3 nitrogen and oxygen atoms in total. The molecule has 0 radical (unpaired) electrons. The third-order valence-electron chi connectivity index (χ3n) is 3.23. The summed E-state index contributed by atoms with van der Waals surface area (Å²) in [6.45, 7) is 0. The Morgan fingerprint density at radius 3 is 2.63 bits per heavy atom. The van der Waals surface area contributed by atoms with Crippen LogP contribution in [0.3, 0.4) is 0 Å². The monoisotopic (exact) mass is 251 g/mol. The fraction of sp³-hybridized carbons (Fsp3) is 0.0625. The zero-order valence-corrected chi connectivity index (χ0v) is 10.3. The summed E-state index contributed by atoms with van der Waals surface area (Å²) in [4.78, 5) is 15.4. The normalized spacial score (nSPS) is 10.7. The number of hydrogen-bond donors (Lipinski definition) is 2. The van der Waals surface area contributed by atoms with Crippen LogP contribution in [0.1, 0.15) is 15.9 Å². The van der Waals surface area contributed by atoms with Crippen LogP contribution in [0.25, 0.3) is 10.9 Å². The summed E-state index contributed by atoms with van der Waals surface area (Å²) < 4.78 is 0. The minimum absolute atomic E-state index is 0.000972. The first-order valence-corrected chi connectivity index (χ1v) is 6.12. The molecule has 0 aliphatic carbocycles. The number of benzene rings is 2. The Balaban J connectivity index is 1.95. The number of rotatable bonds is 3. The molecule has 0 aliphatic heterocycles. The van der Waals surface area contributed by atoms with E-state index in [4.69, 9.17) is 0 Å². The van der Waals surface area contributed by atoms with Crippen LogP contribution in [0.2, 0.25) is 0 Å². The van der Waals surface area contributed by atoms with Gasteiger partial charge in [0.15, 0.2) is 5.78 Å². The van der Waals surface area contributed by atoms with Gasteiger partial charge >= 0.3 is 0 Å². The highest BCUT2D eigenvalue weighted by Gasteiger charge is 2.13. The maximum absolute atomic E-state index is 12.3. The predicted molar refractivity (Wildman–Crippen MR) is 74.4 cm³/mol. The summed E-state index contributed by atoms with van der Waals surface area (Å²) >= 11 is 0. The second kappa shape index (κ2) is 4.61. The largest absolute Gasteiger partial charge is 0.508 e. The quantitative estimate of drug-likeness (QED) is 0.702. The molecule has 0 unspecified atom stereocenters. The summed E-state index contributed by atoms with van der Waals surface area (Å²) in [6.07, 6.45) is 1.93. The molecule has 3 rings (SSSR count). The number of fused-ring (bicyclic) bond motifs is 1. The highest BCUT2D eigenvalue weighted by atomic mass is 16.3. The number of phenols is 1. The molecule has 1 aromatic heterocycles. The number of nitrogens with one attached hydrogen (secondary N) is 1. The number of carbonyl (C=O) groups is 1. The average Bonchev–Trinajstić information content (AvgIpc) is 2.85. The molecule has 0 fully saturated rings. The third-order valence-corrected chi connectivity index (χ3v) is 3.23. The topological polar surface area (TPSA) is 53.1 Å². The molecule has 0 atom stereocenters. The van der Waals surface area contributed by atoms with Crippen molar-refractivity contribution >= 4 is 16.7 Å². The number of aromatic hydroxyl groups is 1. The fourth-order valence-corrected chi connectivity index (χ4v) is 2.23. The minimum atomic E-state index is -0.000972. The Hall–Kier alpha value is -2.55. The first kappa shape index (κ1) is 11.5. The molecule has 19 heavy (non-hydrogen) atoms. The highest BCUT2D eigenvalue weighted by molar-refractivity contribution is 6.08. The van der Waals surface area contributed by atoms with Crippen LogP contribution in [0, 0.1) is 0 Å². The van der Waals surface area contributed by atoms with Gasteiger partial charge in [-0.25, -0.2) is 0 Å². The SMILES string of the molecule is O=C(Cc1ccccc1O)c1c[nH]c2ccccc12. The van der Waals surface area contributed by atoms with Gasteiger partial charge in [0, 0.05) is 34.6 Å². The standard InChI is InChI=1S/C16H13NO2/c18-15-8-4-1-5-11(15)9-16(19)13-10-17-14-7-3-2-6-12(13)14/h1-8,10,17-18H,9H2. The van der Waals surface area contributed by atoms with E-state index in [1.807, 2.05) is 30.3 Å². The van der Waals surface area contributed by atoms with Crippen molar-refractivity contribution in [3.8, 4) is 5.75 Å². The van der Waals surface area contributed by atoms with Crippen LogP contribution < -0.4 is 0 Å². The molecule has 94 valence electrons. The van der Waals surface area contributed by atoms with Crippen LogP contribution in [0.15, 0.2) is 54.7 Å². The summed E-state index contributed by atoms with van der Waals surface area (Å²) in [7, 11) is 0. The van der Waals surface area contributed by atoms with Gasteiger partial charge in [-0.2, -0.15) is 0 Å². The van der Waals surface area contributed by atoms with E-state index >= 15 is 0 Å². The lowest BCUT2D eigenvalue weighted by Gasteiger charge is -2.03. The van der Waals surface area contributed by atoms with Gasteiger partial charge in [0.2, 0.25) is 0 Å². The molecule has 3 aromatic rings. The smallest absolute Gasteiger partial charge is 0.169 e. The van der Waals surface area contributed by atoms with Gasteiger partial charge in [0.25, 0.3) is 0 Å². The van der Waals surface area contributed by atoms with E-state index in [1.54, 1.807) is 24.4 Å². The molecule has 2 aromatic carbocycles. The van der Waals surface area contributed by atoms with E-state index in [2.05, 4.69) is 4.98 Å². The van der Waals surface area contributed by atoms with Crippen LogP contribution in [-0.4, -0.2) is 15.9 Å². The number of hydrogen-bond acceptors (Lipinski definition) is 2. The Morgan fingerprint density at radius 2 is 1.79 bits per heavy atom. The van der Waals surface area contributed by atoms with Crippen molar-refractivity contribution in [2.75, 3.05) is 0 Å². The number of carbonyl (C=O) groups excluding carboxylic acids is 1. The number of aromatic amines is 1. The molecular weight excluding hydrogens is 238 g/mol. The average molecular weight is 251 g/mol. The van der Waals surface area contributed by atoms with E-state index < -0.39 is 0 Å². The number of aromatic nitrogens is 1. The molecule has 0 amide bonds. The zero-order chi connectivity index (χ0) is 13.2. The van der Waals surface area contributed by atoms with Crippen molar-refractivity contribution in [1.29, 1.82) is 0 Å². The Kier molecular flexibility index (Phi) is 2.80. The summed E-state index contributed by atoms with van der Waals surface area (Å²) in [5.41, 5.74) is 2.26. The third kappa shape index (κ3) is 2.10. The number of phenolic OH excluding ortho intramolecular Hbond substituents is 1. The van der Waals surface area contributed by atoms with Crippen LogP contribution >= 0.6 is 0 Å². The van der Waals surface area contributed by atoms with Crippen LogP contribution in [-0.2, 0) is 6.42 Å². The molecular formula is C16H13NO2. The van der Waals surface area contributed by atoms with Crippen molar-refractivity contribution < 1.29 is 9.90 Å². The Bertz CT molecular complexity index is 743. The van der Waals surface area contributed by atoms with E-state index in [1.165, 1.54) is 0 Å². The zero-order valence-electron chi connectivity index (χ0n) is 10.3. The van der Waals surface area contributed by atoms with Crippen LogP contribution in [0.5, 0.6) is 5.75 Å². The van der Waals surface area contributed by atoms with Gasteiger partial charge < -0.3 is 10.1 Å². The molecule has 0 bridgehead atoms. The van der Waals surface area contributed by atoms with E-state index in [0.717, 1.165) is 10.9 Å². The maximum Gasteiger partial charge on any atom is 0.169 e. The Labute approximate surface area is 110 Å². The summed E-state index contributed by atoms with van der Waals surface area (Å²) in [5.74, 6) is 0.162. The fourth-order valence-electron chi connectivity index (χ4n) is 2.23. The first-order valence-electron chi connectivity index (χ1n) is 6.12. The van der Waals surface area contributed by atoms with E-state index in [0.29, 0.717) is 11.1 Å². The molecule has 2 N–H and O–H groups in total. The molecule has 1 heterocycles. The van der Waals surface area contributed by atoms with Gasteiger partial charge in [-0.1, -0.05) is 36.4 Å². The van der Waals surface area contributed by atoms with Gasteiger partial charge in [-0.05, 0) is 12.1 Å². The van der Waals surface area contributed by atoms with Gasteiger partial charge in [0.05, 0.1) is 0 Å². The van der Waals surface area contributed by atoms with Crippen molar-refractivity contribution in [1.82, 2.24) is 4.98 Å². The summed E-state index contributed by atoms with van der Waals surface area (Å²) in [6, 6.07) is 14.6. The second-order valence-corrected chi connectivity index (χ2v) is 4.48. The van der Waals surface area contributed by atoms with E-state index in [-0.39, 0.29) is 18.0 Å². The van der Waals surface area contributed by atoms with Gasteiger partial charge in [-0.3, -0.25) is 4.79 Å². The van der Waals surface area contributed by atoms with Crippen molar-refractivity contribution in [2.45, 2.75) is 6.42 Å².